The van der Waals surface area contributed by atoms with Crippen LogP contribution in [0.15, 0.2) is 55.2 Å². The zero-order valence-corrected chi connectivity index (χ0v) is 13.9. The Morgan fingerprint density at radius 1 is 1.17 bits per heavy atom. The van der Waals surface area contributed by atoms with Gasteiger partial charge in [0.2, 0.25) is 0 Å². The van der Waals surface area contributed by atoms with E-state index in [1.807, 2.05) is 42.8 Å². The van der Waals surface area contributed by atoms with Gasteiger partial charge in [0.1, 0.15) is 6.33 Å². The highest BCUT2D eigenvalue weighted by atomic mass is 15.3. The first-order chi connectivity index (χ1) is 11.5. The van der Waals surface area contributed by atoms with E-state index in [2.05, 4.69) is 21.1 Å². The van der Waals surface area contributed by atoms with E-state index in [0.717, 1.165) is 22.4 Å². The van der Waals surface area contributed by atoms with Crippen molar-refractivity contribution in [1.82, 2.24) is 19.7 Å². The van der Waals surface area contributed by atoms with Crippen LogP contribution in [-0.4, -0.2) is 25.8 Å². The van der Waals surface area contributed by atoms with Crippen molar-refractivity contribution in [2.45, 2.75) is 32.0 Å². The van der Waals surface area contributed by atoms with Crippen LogP contribution in [-0.2, 0) is 12.1 Å². The Morgan fingerprint density at radius 2 is 1.92 bits per heavy atom. The first kappa shape index (κ1) is 16.3. The van der Waals surface area contributed by atoms with Gasteiger partial charge in [-0.05, 0) is 37.1 Å². The molecule has 0 spiro atoms. The molecule has 0 fully saturated rings. The Kier molecular flexibility index (Phi) is 4.42. The lowest BCUT2D eigenvalue weighted by Crippen LogP contribution is -2.38. The van der Waals surface area contributed by atoms with E-state index in [-0.39, 0.29) is 6.04 Å². The van der Waals surface area contributed by atoms with Crippen molar-refractivity contribution in [2.24, 2.45) is 11.5 Å². The van der Waals surface area contributed by atoms with Crippen LogP contribution < -0.4 is 11.5 Å². The number of aromatic nitrogens is 4. The molecule has 6 heteroatoms. The summed E-state index contributed by atoms with van der Waals surface area (Å²) < 4.78 is 1.88. The second-order valence-electron chi connectivity index (χ2n) is 6.29. The average Bonchev–Trinajstić information content (AvgIpc) is 3.04. The van der Waals surface area contributed by atoms with E-state index in [9.17, 15) is 0 Å². The molecule has 2 aromatic heterocycles. The Balaban J connectivity index is 2.00. The zero-order chi connectivity index (χ0) is 17.2. The van der Waals surface area contributed by atoms with Gasteiger partial charge in [-0.1, -0.05) is 18.2 Å². The van der Waals surface area contributed by atoms with Crippen LogP contribution in [0, 0.1) is 0 Å². The highest BCUT2D eigenvalue weighted by Crippen LogP contribution is 2.29. The molecule has 0 amide bonds. The first-order valence-electron chi connectivity index (χ1n) is 7.91. The normalized spacial score (nSPS) is 15.0. The average molecular weight is 322 g/mol. The minimum absolute atomic E-state index is 0.00671. The highest BCUT2D eigenvalue weighted by molar-refractivity contribution is 5.63. The smallest absolute Gasteiger partial charge is 0.115 e. The molecule has 24 heavy (non-hydrogen) atoms. The van der Waals surface area contributed by atoms with E-state index >= 15 is 0 Å². The lowest BCUT2D eigenvalue weighted by Gasteiger charge is -2.27. The summed E-state index contributed by atoms with van der Waals surface area (Å²) in [6, 6.07) is 10.1. The number of benzene rings is 1. The van der Waals surface area contributed by atoms with Gasteiger partial charge in [-0.2, -0.15) is 5.10 Å². The van der Waals surface area contributed by atoms with Gasteiger partial charge in [0.15, 0.2) is 0 Å². The van der Waals surface area contributed by atoms with Crippen molar-refractivity contribution in [3.05, 3.63) is 66.5 Å². The zero-order valence-electron chi connectivity index (χ0n) is 13.9. The number of hydrogen-bond donors (Lipinski definition) is 2. The van der Waals surface area contributed by atoms with Gasteiger partial charge in [-0.25, -0.2) is 9.97 Å². The van der Waals surface area contributed by atoms with Crippen molar-refractivity contribution in [3.63, 3.8) is 0 Å². The standard InChI is InChI=1S/C18H22N6/c1-13(19)11-24-17(6-7-23-24)18(2,20)16-5-3-4-14(8-16)15-9-21-12-22-10-15/h3-10,12-13H,11,19-20H2,1-2H3. The minimum Gasteiger partial charge on any atom is -0.326 e. The molecule has 0 aliphatic carbocycles. The second-order valence-corrected chi connectivity index (χ2v) is 6.29. The molecule has 1 aromatic carbocycles. The molecule has 2 atom stereocenters. The Hall–Kier alpha value is -2.57. The summed E-state index contributed by atoms with van der Waals surface area (Å²) in [4.78, 5) is 8.16. The Morgan fingerprint density at radius 3 is 2.62 bits per heavy atom. The van der Waals surface area contributed by atoms with Crippen LogP contribution in [0.1, 0.15) is 25.1 Å². The van der Waals surface area contributed by atoms with Crippen LogP contribution in [0.5, 0.6) is 0 Å². The maximum Gasteiger partial charge on any atom is 0.115 e. The summed E-state index contributed by atoms with van der Waals surface area (Å²) in [5.74, 6) is 0. The van der Waals surface area contributed by atoms with Crippen LogP contribution in [0.3, 0.4) is 0 Å². The molecule has 2 heterocycles. The van der Waals surface area contributed by atoms with Gasteiger partial charge >= 0.3 is 0 Å². The monoisotopic (exact) mass is 322 g/mol. The van der Waals surface area contributed by atoms with Crippen molar-refractivity contribution in [3.8, 4) is 11.1 Å². The number of hydrogen-bond acceptors (Lipinski definition) is 5. The predicted molar refractivity (Wildman–Crippen MR) is 94.0 cm³/mol. The van der Waals surface area contributed by atoms with Gasteiger partial charge in [-0.3, -0.25) is 4.68 Å². The maximum absolute atomic E-state index is 6.69. The fraction of sp³-hybridized carbons (Fsp3) is 0.278. The molecule has 4 N–H and O–H groups in total. The third-order valence-corrected chi connectivity index (χ3v) is 4.07. The second kappa shape index (κ2) is 6.51. The van der Waals surface area contributed by atoms with Crippen LogP contribution in [0.25, 0.3) is 11.1 Å². The van der Waals surface area contributed by atoms with Gasteiger partial charge in [-0.15, -0.1) is 0 Å². The molecule has 0 saturated heterocycles. The SMILES string of the molecule is CC(N)Cn1nccc1C(C)(N)c1cccc(-c2cncnc2)c1. The van der Waals surface area contributed by atoms with E-state index in [4.69, 9.17) is 11.5 Å². The summed E-state index contributed by atoms with van der Waals surface area (Å²) in [5.41, 5.74) is 15.8. The van der Waals surface area contributed by atoms with Crippen LogP contribution in [0.2, 0.25) is 0 Å². The van der Waals surface area contributed by atoms with Gasteiger partial charge in [0.05, 0.1) is 17.8 Å². The molecule has 0 aliphatic heterocycles. The van der Waals surface area contributed by atoms with Gasteiger partial charge < -0.3 is 11.5 Å². The maximum atomic E-state index is 6.69. The van der Waals surface area contributed by atoms with Crippen LogP contribution >= 0.6 is 0 Å². The summed E-state index contributed by atoms with van der Waals surface area (Å²) in [5, 5.41) is 4.37. The topological polar surface area (TPSA) is 95.6 Å². The quantitative estimate of drug-likeness (QED) is 0.748. The molecule has 2 unspecified atom stereocenters. The molecule has 3 rings (SSSR count). The van der Waals surface area contributed by atoms with E-state index < -0.39 is 5.54 Å². The van der Waals surface area contributed by atoms with Crippen molar-refractivity contribution < 1.29 is 0 Å². The molecule has 124 valence electrons. The molecule has 0 saturated carbocycles. The van der Waals surface area contributed by atoms with Crippen molar-refractivity contribution in [2.75, 3.05) is 0 Å². The first-order valence-corrected chi connectivity index (χ1v) is 7.91. The van der Waals surface area contributed by atoms with Gasteiger partial charge in [0.25, 0.3) is 0 Å². The molecular formula is C18H22N6. The van der Waals surface area contributed by atoms with E-state index in [0.29, 0.717) is 6.54 Å². The minimum atomic E-state index is -0.683. The molecule has 6 nitrogen and oxygen atoms in total. The third kappa shape index (κ3) is 3.20. The van der Waals surface area contributed by atoms with Gasteiger partial charge in [0, 0.05) is 30.2 Å². The van der Waals surface area contributed by atoms with E-state index in [1.54, 1.807) is 18.6 Å². The lowest BCUT2D eigenvalue weighted by molar-refractivity contribution is 0.464. The summed E-state index contributed by atoms with van der Waals surface area (Å²) in [7, 11) is 0. The molecular weight excluding hydrogens is 300 g/mol. The number of rotatable bonds is 5. The summed E-state index contributed by atoms with van der Waals surface area (Å²) in [6.07, 6.45) is 6.87. The number of nitrogens with two attached hydrogens (primary N) is 2. The largest absolute Gasteiger partial charge is 0.326 e. The van der Waals surface area contributed by atoms with Crippen LogP contribution in [0.4, 0.5) is 0 Å². The Labute approximate surface area is 141 Å². The Bertz CT molecular complexity index is 807. The fourth-order valence-electron chi connectivity index (χ4n) is 2.81. The molecule has 0 aliphatic rings. The lowest BCUT2D eigenvalue weighted by atomic mass is 9.88. The molecule has 3 aromatic rings. The summed E-state index contributed by atoms with van der Waals surface area (Å²) in [6.45, 7) is 4.57. The fourth-order valence-corrected chi connectivity index (χ4v) is 2.81. The summed E-state index contributed by atoms with van der Waals surface area (Å²) >= 11 is 0. The molecule has 0 bridgehead atoms. The van der Waals surface area contributed by atoms with Crippen molar-refractivity contribution >= 4 is 0 Å². The predicted octanol–water partition coefficient (Wildman–Crippen LogP) is 1.91. The number of nitrogens with zero attached hydrogens (tertiary/aromatic N) is 4. The van der Waals surface area contributed by atoms with E-state index in [1.165, 1.54) is 6.33 Å². The van der Waals surface area contributed by atoms with Crippen molar-refractivity contribution in [1.29, 1.82) is 0 Å². The molecule has 0 radical (unpaired) electrons. The third-order valence-electron chi connectivity index (χ3n) is 4.07. The highest BCUT2D eigenvalue weighted by Gasteiger charge is 2.28.